The first-order chi connectivity index (χ1) is 13.3. The molecular weight excluding hydrogens is 386 g/mol. The Morgan fingerprint density at radius 2 is 1.50 bits per heavy atom. The molecule has 28 heavy (non-hydrogen) atoms. The van der Waals surface area contributed by atoms with Crippen LogP contribution in [0.25, 0.3) is 0 Å². The molecular formula is C18H15F4NO5. The SMILES string of the molecule is C[C@H](OC(=O)c1ccc(OC(F)F)cc1)C(=O)Nc1ccccc1OC(F)F. The summed E-state index contributed by atoms with van der Waals surface area (Å²) < 4.78 is 62.5. The smallest absolute Gasteiger partial charge is 0.387 e. The Kier molecular flexibility index (Phi) is 7.19. The summed E-state index contributed by atoms with van der Waals surface area (Å²) >= 11 is 0. The minimum atomic E-state index is -3.08. The molecule has 0 spiro atoms. The lowest BCUT2D eigenvalue weighted by molar-refractivity contribution is -0.123. The van der Waals surface area contributed by atoms with Crippen LogP contribution in [0.4, 0.5) is 23.2 Å². The molecule has 0 fully saturated rings. The molecule has 150 valence electrons. The number of anilines is 1. The summed E-state index contributed by atoms with van der Waals surface area (Å²) in [5, 5.41) is 2.33. The van der Waals surface area contributed by atoms with E-state index in [1.807, 2.05) is 0 Å². The van der Waals surface area contributed by atoms with Crippen LogP contribution in [0.1, 0.15) is 17.3 Å². The predicted octanol–water partition coefficient (Wildman–Crippen LogP) is 4.07. The summed E-state index contributed by atoms with van der Waals surface area (Å²) in [6, 6.07) is 10.2. The molecule has 0 bridgehead atoms. The average molecular weight is 401 g/mol. The van der Waals surface area contributed by atoms with Gasteiger partial charge in [0.15, 0.2) is 6.10 Å². The van der Waals surface area contributed by atoms with Crippen molar-refractivity contribution < 1.29 is 41.4 Å². The van der Waals surface area contributed by atoms with Gasteiger partial charge in [-0.05, 0) is 43.3 Å². The lowest BCUT2D eigenvalue weighted by Gasteiger charge is -2.16. The van der Waals surface area contributed by atoms with Gasteiger partial charge in [0.25, 0.3) is 5.91 Å². The van der Waals surface area contributed by atoms with Crippen LogP contribution in [-0.2, 0) is 9.53 Å². The Labute approximate surface area is 157 Å². The van der Waals surface area contributed by atoms with Crippen molar-refractivity contribution in [2.75, 3.05) is 5.32 Å². The third-order valence-electron chi connectivity index (χ3n) is 3.33. The molecule has 0 aliphatic heterocycles. The van der Waals surface area contributed by atoms with Crippen molar-refractivity contribution in [3.63, 3.8) is 0 Å². The van der Waals surface area contributed by atoms with E-state index in [1.165, 1.54) is 43.3 Å². The number of hydrogen-bond acceptors (Lipinski definition) is 5. The molecule has 0 aliphatic rings. The highest BCUT2D eigenvalue weighted by Gasteiger charge is 2.21. The largest absolute Gasteiger partial charge is 0.449 e. The van der Waals surface area contributed by atoms with Crippen molar-refractivity contribution in [2.45, 2.75) is 26.3 Å². The highest BCUT2D eigenvalue weighted by Crippen LogP contribution is 2.25. The number of amides is 1. The van der Waals surface area contributed by atoms with Crippen LogP contribution in [0, 0.1) is 0 Å². The van der Waals surface area contributed by atoms with E-state index in [1.54, 1.807) is 0 Å². The van der Waals surface area contributed by atoms with Gasteiger partial charge in [-0.2, -0.15) is 17.6 Å². The van der Waals surface area contributed by atoms with Crippen LogP contribution >= 0.6 is 0 Å². The number of ether oxygens (including phenoxy) is 3. The average Bonchev–Trinajstić information content (AvgIpc) is 2.62. The second-order valence-corrected chi connectivity index (χ2v) is 5.31. The molecule has 0 aromatic heterocycles. The summed E-state index contributed by atoms with van der Waals surface area (Å²) in [7, 11) is 0. The molecule has 1 atom stereocenters. The van der Waals surface area contributed by atoms with Gasteiger partial charge in [0.1, 0.15) is 11.5 Å². The van der Waals surface area contributed by atoms with Crippen molar-refractivity contribution in [1.82, 2.24) is 0 Å². The highest BCUT2D eigenvalue weighted by atomic mass is 19.3. The van der Waals surface area contributed by atoms with Gasteiger partial charge in [0.05, 0.1) is 11.3 Å². The molecule has 1 amide bonds. The Morgan fingerprint density at radius 3 is 2.11 bits per heavy atom. The van der Waals surface area contributed by atoms with Gasteiger partial charge in [0.2, 0.25) is 0 Å². The summed E-state index contributed by atoms with van der Waals surface area (Å²) in [5.41, 5.74) is -0.0214. The van der Waals surface area contributed by atoms with E-state index in [0.29, 0.717) is 0 Å². The predicted molar refractivity (Wildman–Crippen MR) is 89.7 cm³/mol. The number of esters is 1. The first kappa shape index (κ1) is 21.0. The lowest BCUT2D eigenvalue weighted by Crippen LogP contribution is -2.30. The fraction of sp³-hybridized carbons (Fsp3) is 0.222. The zero-order valence-corrected chi connectivity index (χ0v) is 14.4. The molecule has 10 heteroatoms. The molecule has 2 aromatic rings. The van der Waals surface area contributed by atoms with Crippen molar-refractivity contribution in [2.24, 2.45) is 0 Å². The molecule has 0 unspecified atom stereocenters. The molecule has 0 saturated heterocycles. The number of carbonyl (C=O) groups excluding carboxylic acids is 2. The number of alkyl halides is 4. The first-order valence-electron chi connectivity index (χ1n) is 7.87. The summed E-state index contributed by atoms with van der Waals surface area (Å²) in [5.74, 6) is -2.06. The molecule has 0 radical (unpaired) electrons. The molecule has 0 aliphatic carbocycles. The first-order valence-corrected chi connectivity index (χ1v) is 7.87. The lowest BCUT2D eigenvalue weighted by atomic mass is 10.2. The maximum absolute atomic E-state index is 12.4. The molecule has 6 nitrogen and oxygen atoms in total. The van der Waals surface area contributed by atoms with E-state index in [9.17, 15) is 27.2 Å². The normalized spacial score (nSPS) is 11.8. The van der Waals surface area contributed by atoms with Crippen LogP contribution in [-0.4, -0.2) is 31.2 Å². The monoisotopic (exact) mass is 401 g/mol. The van der Waals surface area contributed by atoms with Crippen LogP contribution in [0.2, 0.25) is 0 Å². The number of benzene rings is 2. The summed E-state index contributed by atoms with van der Waals surface area (Å²) in [6.07, 6.45) is -1.27. The Morgan fingerprint density at radius 1 is 0.893 bits per heavy atom. The van der Waals surface area contributed by atoms with Gasteiger partial charge >= 0.3 is 19.2 Å². The van der Waals surface area contributed by atoms with Gasteiger partial charge in [-0.3, -0.25) is 4.79 Å². The minimum Gasteiger partial charge on any atom is -0.449 e. The van der Waals surface area contributed by atoms with Crippen LogP contribution in [0.5, 0.6) is 11.5 Å². The number of rotatable bonds is 8. The van der Waals surface area contributed by atoms with E-state index in [4.69, 9.17) is 4.74 Å². The van der Waals surface area contributed by atoms with Crippen LogP contribution in [0.3, 0.4) is 0 Å². The van der Waals surface area contributed by atoms with Crippen molar-refractivity contribution in [1.29, 1.82) is 0 Å². The van der Waals surface area contributed by atoms with Crippen LogP contribution in [0.15, 0.2) is 48.5 Å². The summed E-state index contributed by atoms with van der Waals surface area (Å²) in [4.78, 5) is 24.2. The Balaban J connectivity index is 1.98. The van der Waals surface area contributed by atoms with Crippen molar-refractivity contribution >= 4 is 17.6 Å². The minimum absolute atomic E-state index is 0.00250. The van der Waals surface area contributed by atoms with E-state index in [-0.39, 0.29) is 22.7 Å². The fourth-order valence-electron chi connectivity index (χ4n) is 2.06. The van der Waals surface area contributed by atoms with Crippen molar-refractivity contribution in [3.8, 4) is 11.5 Å². The summed E-state index contributed by atoms with van der Waals surface area (Å²) in [6.45, 7) is -4.80. The molecule has 2 aromatic carbocycles. The Bertz CT molecular complexity index is 814. The number of nitrogens with one attached hydrogen (secondary N) is 1. The van der Waals surface area contributed by atoms with Gasteiger partial charge in [-0.1, -0.05) is 12.1 Å². The van der Waals surface area contributed by atoms with Gasteiger partial charge in [-0.25, -0.2) is 4.79 Å². The fourth-order valence-corrected chi connectivity index (χ4v) is 2.06. The molecule has 2 rings (SSSR count). The molecule has 0 heterocycles. The number of hydrogen-bond donors (Lipinski definition) is 1. The van der Waals surface area contributed by atoms with E-state index in [2.05, 4.69) is 14.8 Å². The molecule has 0 saturated carbocycles. The zero-order chi connectivity index (χ0) is 20.7. The maximum Gasteiger partial charge on any atom is 0.387 e. The van der Waals surface area contributed by atoms with Gasteiger partial charge < -0.3 is 19.5 Å². The second kappa shape index (κ2) is 9.58. The quantitative estimate of drug-likeness (QED) is 0.533. The number of para-hydroxylation sites is 2. The van der Waals surface area contributed by atoms with E-state index < -0.39 is 31.2 Å². The standard InChI is InChI=1S/C18H15F4NO5/c1-10(15(24)23-13-4-2-3-5-14(13)28-18(21)22)26-16(25)11-6-8-12(9-7-11)27-17(19)20/h2-10,17-18H,1H3,(H,23,24)/t10-/m0/s1. The molecule has 1 N–H and O–H groups in total. The zero-order valence-electron chi connectivity index (χ0n) is 14.4. The van der Waals surface area contributed by atoms with Crippen LogP contribution < -0.4 is 14.8 Å². The second-order valence-electron chi connectivity index (χ2n) is 5.31. The number of carbonyl (C=O) groups is 2. The van der Waals surface area contributed by atoms with Gasteiger partial charge in [-0.15, -0.1) is 0 Å². The maximum atomic E-state index is 12.4. The topological polar surface area (TPSA) is 73.9 Å². The third kappa shape index (κ3) is 6.15. The van der Waals surface area contributed by atoms with E-state index in [0.717, 1.165) is 12.1 Å². The third-order valence-corrected chi connectivity index (χ3v) is 3.33. The Hall–Kier alpha value is -3.30. The van der Waals surface area contributed by atoms with E-state index >= 15 is 0 Å². The van der Waals surface area contributed by atoms with Gasteiger partial charge in [0, 0.05) is 0 Å². The highest BCUT2D eigenvalue weighted by molar-refractivity contribution is 5.98. The number of halogens is 4. The van der Waals surface area contributed by atoms with Crippen molar-refractivity contribution in [3.05, 3.63) is 54.1 Å².